The van der Waals surface area contributed by atoms with E-state index in [0.717, 1.165) is 17.4 Å². The summed E-state index contributed by atoms with van der Waals surface area (Å²) in [6.07, 6.45) is -4.62. The summed E-state index contributed by atoms with van der Waals surface area (Å²) in [6.45, 7) is 0. The maximum Gasteiger partial charge on any atom is 0.416 e. The van der Waals surface area contributed by atoms with Crippen LogP contribution < -0.4 is 4.72 Å². The SMILES string of the molecule is N#Cc1cc(C(F)(F)F)ccc1NS(=O)(=O)c1ccc(Cl)s1. The third kappa shape index (κ3) is 3.52. The van der Waals surface area contributed by atoms with E-state index in [1.165, 1.54) is 18.2 Å². The molecule has 0 aliphatic heterocycles. The van der Waals surface area contributed by atoms with Gasteiger partial charge in [-0.3, -0.25) is 4.72 Å². The van der Waals surface area contributed by atoms with Gasteiger partial charge in [-0.25, -0.2) is 8.42 Å². The zero-order valence-corrected chi connectivity index (χ0v) is 12.9. The molecule has 1 aromatic heterocycles. The van der Waals surface area contributed by atoms with E-state index in [9.17, 15) is 21.6 Å². The second kappa shape index (κ2) is 5.79. The minimum Gasteiger partial charge on any atom is -0.278 e. The summed E-state index contributed by atoms with van der Waals surface area (Å²) in [5.74, 6) is 0. The van der Waals surface area contributed by atoms with Crippen molar-refractivity contribution in [2.75, 3.05) is 4.72 Å². The topological polar surface area (TPSA) is 70.0 Å². The number of alkyl halides is 3. The molecular formula is C12H6ClF3N2O2S2. The van der Waals surface area contributed by atoms with Gasteiger partial charge in [-0.1, -0.05) is 11.6 Å². The van der Waals surface area contributed by atoms with Gasteiger partial charge in [0.15, 0.2) is 0 Å². The molecule has 0 saturated carbocycles. The van der Waals surface area contributed by atoms with Crippen molar-refractivity contribution in [2.45, 2.75) is 10.4 Å². The molecule has 0 aliphatic rings. The van der Waals surface area contributed by atoms with Crippen LogP contribution in [0.2, 0.25) is 4.34 Å². The molecule has 1 heterocycles. The van der Waals surface area contributed by atoms with Gasteiger partial charge in [-0.15, -0.1) is 11.3 Å². The standard InChI is InChI=1S/C12H6ClF3N2O2S2/c13-10-3-4-11(21-10)22(19,20)18-9-2-1-8(12(14,15)16)5-7(9)6-17/h1-5,18H. The van der Waals surface area contributed by atoms with E-state index in [1.807, 2.05) is 0 Å². The quantitative estimate of drug-likeness (QED) is 0.889. The van der Waals surface area contributed by atoms with E-state index in [4.69, 9.17) is 16.9 Å². The summed E-state index contributed by atoms with van der Waals surface area (Å²) >= 11 is 6.43. The molecule has 10 heteroatoms. The van der Waals surface area contributed by atoms with Crippen molar-refractivity contribution < 1.29 is 21.6 Å². The van der Waals surface area contributed by atoms with Gasteiger partial charge < -0.3 is 0 Å². The molecule has 0 bridgehead atoms. The van der Waals surface area contributed by atoms with Crippen LogP contribution in [0.5, 0.6) is 0 Å². The van der Waals surface area contributed by atoms with Crippen LogP contribution in [-0.4, -0.2) is 8.42 Å². The molecule has 0 saturated heterocycles. The van der Waals surface area contributed by atoms with Gasteiger partial charge in [0, 0.05) is 0 Å². The highest BCUT2D eigenvalue weighted by Gasteiger charge is 2.31. The predicted octanol–water partition coefficient (Wildman–Crippen LogP) is 4.09. The van der Waals surface area contributed by atoms with Crippen molar-refractivity contribution in [3.8, 4) is 6.07 Å². The number of hydrogen-bond donors (Lipinski definition) is 1. The van der Waals surface area contributed by atoms with E-state index in [2.05, 4.69) is 4.72 Å². The number of halogens is 4. The number of nitrogens with one attached hydrogen (secondary N) is 1. The van der Waals surface area contributed by atoms with Crippen LogP contribution in [0.25, 0.3) is 0 Å². The first-order valence-electron chi connectivity index (χ1n) is 5.53. The lowest BCUT2D eigenvalue weighted by molar-refractivity contribution is -0.137. The van der Waals surface area contributed by atoms with Gasteiger partial charge in [0.1, 0.15) is 10.3 Å². The number of thiophene rings is 1. The fourth-order valence-electron chi connectivity index (χ4n) is 1.54. The first-order chi connectivity index (χ1) is 10.1. The van der Waals surface area contributed by atoms with E-state index >= 15 is 0 Å². The Labute approximate surface area is 132 Å². The molecule has 1 N–H and O–H groups in total. The molecule has 2 rings (SSSR count). The predicted molar refractivity (Wildman–Crippen MR) is 76.3 cm³/mol. The van der Waals surface area contributed by atoms with E-state index < -0.39 is 27.3 Å². The van der Waals surface area contributed by atoms with Crippen LogP contribution in [0.15, 0.2) is 34.5 Å². The maximum atomic E-state index is 12.6. The van der Waals surface area contributed by atoms with Gasteiger partial charge >= 0.3 is 6.18 Å². The third-order valence-corrected chi connectivity index (χ3v) is 5.61. The number of benzene rings is 1. The summed E-state index contributed by atoms with van der Waals surface area (Å²) < 4.78 is 64.1. The Morgan fingerprint density at radius 3 is 2.41 bits per heavy atom. The van der Waals surface area contributed by atoms with Gasteiger partial charge in [0.05, 0.1) is 21.2 Å². The second-order valence-corrected chi connectivity index (χ2v) is 7.66. The Hall–Kier alpha value is -1.76. The van der Waals surface area contributed by atoms with Crippen LogP contribution in [0.4, 0.5) is 18.9 Å². The van der Waals surface area contributed by atoms with Crippen molar-refractivity contribution in [1.29, 1.82) is 5.26 Å². The molecule has 0 aliphatic carbocycles. The monoisotopic (exact) mass is 366 g/mol. The van der Waals surface area contributed by atoms with E-state index in [0.29, 0.717) is 12.1 Å². The Balaban J connectivity index is 2.40. The molecule has 0 spiro atoms. The average molecular weight is 367 g/mol. The van der Waals surface area contributed by atoms with Crippen LogP contribution in [0.3, 0.4) is 0 Å². The van der Waals surface area contributed by atoms with Crippen LogP contribution in [0.1, 0.15) is 11.1 Å². The molecule has 1 aromatic carbocycles. The number of anilines is 1. The van der Waals surface area contributed by atoms with Crippen LogP contribution >= 0.6 is 22.9 Å². The highest BCUT2D eigenvalue weighted by molar-refractivity contribution is 7.94. The summed E-state index contributed by atoms with van der Waals surface area (Å²) in [5.41, 5.74) is -1.70. The van der Waals surface area contributed by atoms with Crippen molar-refractivity contribution >= 4 is 38.6 Å². The highest BCUT2D eigenvalue weighted by atomic mass is 35.5. The number of nitrogens with zero attached hydrogens (tertiary/aromatic N) is 1. The van der Waals surface area contributed by atoms with Crippen molar-refractivity contribution in [2.24, 2.45) is 0 Å². The van der Waals surface area contributed by atoms with Gasteiger partial charge in [-0.2, -0.15) is 18.4 Å². The number of hydrogen-bond acceptors (Lipinski definition) is 4. The number of sulfonamides is 1. The number of rotatable bonds is 3. The fraction of sp³-hybridized carbons (Fsp3) is 0.0833. The highest BCUT2D eigenvalue weighted by Crippen LogP contribution is 2.33. The lowest BCUT2D eigenvalue weighted by Crippen LogP contribution is -2.13. The van der Waals surface area contributed by atoms with E-state index in [1.54, 1.807) is 0 Å². The first-order valence-corrected chi connectivity index (χ1v) is 8.21. The molecule has 22 heavy (non-hydrogen) atoms. The number of nitriles is 1. The Kier molecular flexibility index (Phi) is 4.37. The van der Waals surface area contributed by atoms with Crippen molar-refractivity contribution in [3.63, 3.8) is 0 Å². The smallest absolute Gasteiger partial charge is 0.278 e. The molecule has 0 atom stereocenters. The summed E-state index contributed by atoms with van der Waals surface area (Å²) in [4.78, 5) is 0. The van der Waals surface area contributed by atoms with E-state index in [-0.39, 0.29) is 14.2 Å². The largest absolute Gasteiger partial charge is 0.416 e. The van der Waals surface area contributed by atoms with Crippen molar-refractivity contribution in [3.05, 3.63) is 45.8 Å². The summed E-state index contributed by atoms with van der Waals surface area (Å²) in [5, 5.41) is 8.91. The minimum absolute atomic E-state index is 0.110. The molecule has 116 valence electrons. The van der Waals surface area contributed by atoms with Crippen LogP contribution in [-0.2, 0) is 16.2 Å². The third-order valence-electron chi connectivity index (χ3n) is 2.53. The Morgan fingerprint density at radius 1 is 1.23 bits per heavy atom. The van der Waals surface area contributed by atoms with Gasteiger partial charge in [0.25, 0.3) is 10.0 Å². The normalized spacial score (nSPS) is 12.0. The molecule has 0 amide bonds. The lowest BCUT2D eigenvalue weighted by Gasteiger charge is -2.11. The first kappa shape index (κ1) is 16.6. The molecule has 4 nitrogen and oxygen atoms in total. The zero-order chi connectivity index (χ0) is 16.5. The second-order valence-electron chi connectivity index (χ2n) is 4.03. The molecule has 0 unspecified atom stereocenters. The maximum absolute atomic E-state index is 12.6. The molecule has 0 radical (unpaired) electrons. The molecular weight excluding hydrogens is 361 g/mol. The molecule has 2 aromatic rings. The average Bonchev–Trinajstić information content (AvgIpc) is 2.85. The van der Waals surface area contributed by atoms with Crippen LogP contribution in [0, 0.1) is 11.3 Å². The lowest BCUT2D eigenvalue weighted by atomic mass is 10.1. The summed E-state index contributed by atoms with van der Waals surface area (Å²) in [7, 11) is -4.02. The zero-order valence-electron chi connectivity index (χ0n) is 10.5. The molecule has 0 fully saturated rings. The minimum atomic E-state index is -4.62. The van der Waals surface area contributed by atoms with Gasteiger partial charge in [0.2, 0.25) is 0 Å². The fourth-order valence-corrected chi connectivity index (χ4v) is 4.10. The summed E-state index contributed by atoms with van der Waals surface area (Å²) in [6, 6.07) is 6.34. The van der Waals surface area contributed by atoms with Gasteiger partial charge in [-0.05, 0) is 30.3 Å². The van der Waals surface area contributed by atoms with Crippen molar-refractivity contribution in [1.82, 2.24) is 0 Å². The Morgan fingerprint density at radius 2 is 1.91 bits per heavy atom. The Bertz CT molecular complexity index is 854.